The Hall–Kier alpha value is -2.78. The highest BCUT2D eigenvalue weighted by molar-refractivity contribution is 7.89. The summed E-state index contributed by atoms with van der Waals surface area (Å²) in [5, 5.41) is 3.94. The zero-order valence-electron chi connectivity index (χ0n) is 14.6. The van der Waals surface area contributed by atoms with Crippen LogP contribution in [0.4, 0.5) is 0 Å². The second kappa shape index (κ2) is 6.85. The number of hydrogen-bond donors (Lipinski definition) is 0. The van der Waals surface area contributed by atoms with E-state index >= 15 is 0 Å². The summed E-state index contributed by atoms with van der Waals surface area (Å²) in [5.41, 5.74) is 1.47. The molecule has 0 fully saturated rings. The second-order valence-corrected chi connectivity index (χ2v) is 8.10. The topological polar surface area (TPSA) is 98.3 Å². The Balaban J connectivity index is 1.93. The van der Waals surface area contributed by atoms with E-state index in [9.17, 15) is 13.2 Å². The van der Waals surface area contributed by atoms with Crippen LogP contribution in [-0.4, -0.2) is 41.5 Å². The van der Waals surface area contributed by atoms with Crippen molar-refractivity contribution in [2.75, 3.05) is 14.1 Å². The van der Waals surface area contributed by atoms with Crippen molar-refractivity contribution in [2.45, 2.75) is 18.4 Å². The largest absolute Gasteiger partial charge is 0.337 e. The summed E-state index contributed by atoms with van der Waals surface area (Å²) in [7, 11) is -0.789. The summed E-state index contributed by atoms with van der Waals surface area (Å²) >= 11 is 0. The van der Waals surface area contributed by atoms with Crippen molar-refractivity contribution in [1.82, 2.24) is 19.0 Å². The average Bonchev–Trinajstić information content (AvgIpc) is 3.05. The molecule has 2 heterocycles. The number of rotatable bonds is 5. The summed E-state index contributed by atoms with van der Waals surface area (Å²) in [6.45, 7) is 1.92. The van der Waals surface area contributed by atoms with Gasteiger partial charge in [0.05, 0.1) is 4.90 Å². The lowest BCUT2D eigenvalue weighted by Crippen LogP contribution is -2.26. The highest BCUT2D eigenvalue weighted by atomic mass is 32.2. The molecule has 3 rings (SSSR count). The Bertz CT molecular complexity index is 1100. The van der Waals surface area contributed by atoms with Gasteiger partial charge in [-0.3, -0.25) is 4.79 Å². The summed E-state index contributed by atoms with van der Waals surface area (Å²) in [5.74, 6) is 0.632. The fourth-order valence-corrected chi connectivity index (χ4v) is 3.32. The molecule has 9 heteroatoms. The highest BCUT2D eigenvalue weighted by Crippen LogP contribution is 2.20. The number of hydrogen-bond acceptors (Lipinski definition) is 6. The molecule has 3 aromatic rings. The predicted octanol–water partition coefficient (Wildman–Crippen LogP) is 1.51. The summed E-state index contributed by atoms with van der Waals surface area (Å²) in [6, 6.07) is 10.1. The summed E-state index contributed by atoms with van der Waals surface area (Å²) in [6.07, 6.45) is 1.27. The van der Waals surface area contributed by atoms with Crippen LogP contribution in [0.2, 0.25) is 0 Å². The monoisotopic (exact) mass is 374 g/mol. The maximum Gasteiger partial charge on any atom is 0.251 e. The van der Waals surface area contributed by atoms with E-state index in [-0.39, 0.29) is 22.9 Å². The van der Waals surface area contributed by atoms with E-state index in [0.29, 0.717) is 5.82 Å². The SMILES string of the molecule is Cc1ccccc1-c1noc(Cn2cc(S(=O)(=O)N(C)C)ccc2=O)n1. The third-order valence-corrected chi connectivity index (χ3v) is 5.69. The molecule has 0 atom stereocenters. The van der Waals surface area contributed by atoms with Crippen LogP contribution in [0.15, 0.2) is 56.8 Å². The molecule has 136 valence electrons. The Morgan fingerprint density at radius 1 is 1.15 bits per heavy atom. The number of aryl methyl sites for hydroxylation is 1. The Morgan fingerprint density at radius 3 is 2.58 bits per heavy atom. The van der Waals surface area contributed by atoms with Crippen molar-refractivity contribution in [2.24, 2.45) is 0 Å². The molecule has 8 nitrogen and oxygen atoms in total. The smallest absolute Gasteiger partial charge is 0.251 e. The summed E-state index contributed by atoms with van der Waals surface area (Å²) in [4.78, 5) is 16.4. The number of pyridine rings is 1. The Morgan fingerprint density at radius 2 is 1.88 bits per heavy atom. The molecule has 0 aliphatic rings. The van der Waals surface area contributed by atoms with Crippen LogP contribution in [0.5, 0.6) is 0 Å². The molecule has 26 heavy (non-hydrogen) atoms. The van der Waals surface area contributed by atoms with Crippen molar-refractivity contribution in [3.05, 3.63) is 64.4 Å². The van der Waals surface area contributed by atoms with Gasteiger partial charge in [-0.15, -0.1) is 0 Å². The van der Waals surface area contributed by atoms with E-state index in [1.54, 1.807) is 0 Å². The lowest BCUT2D eigenvalue weighted by molar-refractivity contribution is 0.369. The van der Waals surface area contributed by atoms with Crippen LogP contribution in [0.3, 0.4) is 0 Å². The molecule has 0 aliphatic heterocycles. The Labute approximate surface area is 150 Å². The minimum Gasteiger partial charge on any atom is -0.337 e. The molecular weight excluding hydrogens is 356 g/mol. The van der Waals surface area contributed by atoms with Gasteiger partial charge in [0.1, 0.15) is 6.54 Å². The van der Waals surface area contributed by atoms with Gasteiger partial charge < -0.3 is 9.09 Å². The standard InChI is InChI=1S/C17H18N4O4S/c1-12-6-4-5-7-14(12)17-18-15(25-19-17)11-21-10-13(8-9-16(21)22)26(23,24)20(2)3/h4-10H,11H2,1-3H3. The maximum atomic E-state index is 12.2. The Kier molecular flexibility index (Phi) is 4.75. The molecule has 2 aromatic heterocycles. The van der Waals surface area contributed by atoms with Gasteiger partial charge in [-0.25, -0.2) is 12.7 Å². The van der Waals surface area contributed by atoms with Gasteiger partial charge in [-0.1, -0.05) is 29.4 Å². The minimum absolute atomic E-state index is 0.0146. The van der Waals surface area contributed by atoms with Crippen molar-refractivity contribution in [3.8, 4) is 11.4 Å². The van der Waals surface area contributed by atoms with E-state index in [0.717, 1.165) is 15.4 Å². The van der Waals surface area contributed by atoms with Crippen LogP contribution < -0.4 is 5.56 Å². The molecule has 0 N–H and O–H groups in total. The molecule has 1 aromatic carbocycles. The quantitative estimate of drug-likeness (QED) is 0.671. The molecule has 0 saturated heterocycles. The third-order valence-electron chi connectivity index (χ3n) is 3.89. The fraction of sp³-hybridized carbons (Fsp3) is 0.235. The van der Waals surface area contributed by atoms with Gasteiger partial charge >= 0.3 is 0 Å². The molecule has 0 bridgehead atoms. The first kappa shape index (κ1) is 18.0. The summed E-state index contributed by atoms with van der Waals surface area (Å²) < 4.78 is 32.0. The molecule has 0 amide bonds. The van der Waals surface area contributed by atoms with Crippen molar-refractivity contribution >= 4 is 10.0 Å². The number of aromatic nitrogens is 3. The predicted molar refractivity (Wildman–Crippen MR) is 95.1 cm³/mol. The van der Waals surface area contributed by atoms with Crippen LogP contribution in [0, 0.1) is 6.92 Å². The van der Waals surface area contributed by atoms with Gasteiger partial charge in [0.25, 0.3) is 5.56 Å². The first-order valence-corrected chi connectivity index (χ1v) is 9.24. The lowest BCUT2D eigenvalue weighted by Gasteiger charge is -2.12. The van der Waals surface area contributed by atoms with Crippen LogP contribution in [-0.2, 0) is 16.6 Å². The first-order chi connectivity index (χ1) is 12.3. The van der Waals surface area contributed by atoms with Crippen molar-refractivity contribution in [1.29, 1.82) is 0 Å². The van der Waals surface area contributed by atoms with E-state index < -0.39 is 10.0 Å². The zero-order valence-corrected chi connectivity index (χ0v) is 15.4. The number of nitrogens with zero attached hydrogens (tertiary/aromatic N) is 4. The zero-order chi connectivity index (χ0) is 18.9. The lowest BCUT2D eigenvalue weighted by atomic mass is 10.1. The first-order valence-electron chi connectivity index (χ1n) is 7.80. The van der Waals surface area contributed by atoms with E-state index in [1.807, 2.05) is 31.2 Å². The molecule has 0 radical (unpaired) electrons. The van der Waals surface area contributed by atoms with Gasteiger partial charge in [0.15, 0.2) is 0 Å². The fourth-order valence-electron chi connectivity index (χ4n) is 2.39. The van der Waals surface area contributed by atoms with Crippen molar-refractivity contribution in [3.63, 3.8) is 0 Å². The molecular formula is C17H18N4O4S. The highest BCUT2D eigenvalue weighted by Gasteiger charge is 2.19. The van der Waals surface area contributed by atoms with Crippen LogP contribution in [0.25, 0.3) is 11.4 Å². The van der Waals surface area contributed by atoms with E-state index in [1.165, 1.54) is 37.0 Å². The maximum absolute atomic E-state index is 12.2. The van der Waals surface area contributed by atoms with E-state index in [2.05, 4.69) is 10.1 Å². The number of sulfonamides is 1. The molecule has 0 spiro atoms. The van der Waals surface area contributed by atoms with Gasteiger partial charge in [0, 0.05) is 31.9 Å². The number of benzene rings is 1. The van der Waals surface area contributed by atoms with Gasteiger partial charge in [-0.2, -0.15) is 4.98 Å². The second-order valence-electron chi connectivity index (χ2n) is 5.95. The normalized spacial score (nSPS) is 11.8. The van der Waals surface area contributed by atoms with Gasteiger partial charge in [0.2, 0.25) is 21.7 Å². The average molecular weight is 374 g/mol. The van der Waals surface area contributed by atoms with E-state index in [4.69, 9.17) is 4.52 Å². The third kappa shape index (κ3) is 3.44. The molecule has 0 saturated carbocycles. The van der Waals surface area contributed by atoms with Crippen LogP contribution >= 0.6 is 0 Å². The van der Waals surface area contributed by atoms with Crippen LogP contribution in [0.1, 0.15) is 11.5 Å². The molecule has 0 unspecified atom stereocenters. The van der Waals surface area contributed by atoms with Crippen molar-refractivity contribution < 1.29 is 12.9 Å². The minimum atomic E-state index is -3.64. The van der Waals surface area contributed by atoms with Gasteiger partial charge in [-0.05, 0) is 18.6 Å². The molecule has 0 aliphatic carbocycles.